The number of likely N-dealkylation sites (tertiary alicyclic amines) is 1. The molecule has 0 bridgehead atoms. The summed E-state index contributed by atoms with van der Waals surface area (Å²) in [5.41, 5.74) is 0. The largest absolute Gasteiger partial charge is 0.393 e. The normalized spacial score (nSPS) is 20.8. The van der Waals surface area contributed by atoms with Crippen LogP contribution in [0.1, 0.15) is 26.7 Å². The van der Waals surface area contributed by atoms with Crippen LogP contribution in [-0.2, 0) is 4.79 Å². The van der Waals surface area contributed by atoms with Crippen LogP contribution in [0.2, 0.25) is 0 Å². The third kappa shape index (κ3) is 5.77. The van der Waals surface area contributed by atoms with Gasteiger partial charge in [0.25, 0.3) is 0 Å². The number of imide groups is 1. The number of carbonyl (C=O) groups is 2. The molecule has 0 aliphatic carbocycles. The van der Waals surface area contributed by atoms with Gasteiger partial charge in [-0.3, -0.25) is 15.0 Å². The molecule has 1 fully saturated rings. The summed E-state index contributed by atoms with van der Waals surface area (Å²) in [6.45, 7) is 3.53. The molecule has 0 radical (unpaired) electrons. The van der Waals surface area contributed by atoms with Gasteiger partial charge in [0.2, 0.25) is 5.91 Å². The maximum atomic E-state index is 12.6. The lowest BCUT2D eigenvalue weighted by atomic mass is 9.97. The molecule has 0 saturated carbocycles. The Morgan fingerprint density at radius 1 is 1.35 bits per heavy atom. The Kier molecular flexibility index (Phi) is 5.79. The molecule has 1 heterocycles. The lowest BCUT2D eigenvalue weighted by Crippen LogP contribution is -2.49. The molecule has 0 aromatic carbocycles. The Morgan fingerprint density at radius 2 is 2.00 bits per heavy atom. The maximum Gasteiger partial charge on any atom is 0.393 e. The summed E-state index contributed by atoms with van der Waals surface area (Å²) in [5.74, 6) is -1.99. The monoisotopic (exact) mass is 295 g/mol. The average Bonchev–Trinajstić information content (AvgIpc) is 2.26. The molecule has 3 amide bonds. The van der Waals surface area contributed by atoms with E-state index in [1.165, 1.54) is 4.90 Å². The van der Waals surface area contributed by atoms with Gasteiger partial charge in [0.1, 0.15) is 0 Å². The number of piperidine rings is 1. The number of nitrogens with zero attached hydrogens (tertiary/aromatic N) is 1. The van der Waals surface area contributed by atoms with Crippen molar-refractivity contribution in [2.24, 2.45) is 5.92 Å². The summed E-state index contributed by atoms with van der Waals surface area (Å²) in [7, 11) is 0. The number of alkyl halides is 3. The molecule has 2 N–H and O–H groups in total. The summed E-state index contributed by atoms with van der Waals surface area (Å²) >= 11 is 0. The predicted molar refractivity (Wildman–Crippen MR) is 67.0 cm³/mol. The van der Waals surface area contributed by atoms with Gasteiger partial charge in [-0.25, -0.2) is 4.79 Å². The highest BCUT2D eigenvalue weighted by atomic mass is 19.4. The first-order valence-electron chi connectivity index (χ1n) is 6.58. The van der Waals surface area contributed by atoms with Crippen molar-refractivity contribution in [3.05, 3.63) is 0 Å². The van der Waals surface area contributed by atoms with E-state index in [0.717, 1.165) is 0 Å². The van der Waals surface area contributed by atoms with E-state index >= 15 is 0 Å². The van der Waals surface area contributed by atoms with Gasteiger partial charge < -0.3 is 5.32 Å². The van der Waals surface area contributed by atoms with E-state index < -0.39 is 24.0 Å². The van der Waals surface area contributed by atoms with E-state index in [4.69, 9.17) is 0 Å². The Hall–Kier alpha value is -1.31. The van der Waals surface area contributed by atoms with Crippen molar-refractivity contribution in [3.63, 3.8) is 0 Å². The predicted octanol–water partition coefficient (Wildman–Crippen LogP) is 1.49. The fourth-order valence-electron chi connectivity index (χ4n) is 2.13. The first-order valence-corrected chi connectivity index (χ1v) is 6.58. The number of urea groups is 1. The molecule has 1 aliphatic heterocycles. The first-order chi connectivity index (χ1) is 9.18. The molecular weight excluding hydrogens is 275 g/mol. The minimum absolute atomic E-state index is 0.0927. The zero-order valence-electron chi connectivity index (χ0n) is 11.6. The minimum Gasteiger partial charge on any atom is -0.336 e. The van der Waals surface area contributed by atoms with E-state index in [1.807, 2.05) is 0 Å². The van der Waals surface area contributed by atoms with E-state index in [2.05, 4.69) is 10.6 Å². The Balaban J connectivity index is 2.40. The SMILES string of the molecule is CC(C)NC(=O)NC(=O)CN1CCC[C@@H](C(F)(F)F)C1. The molecule has 0 unspecified atom stereocenters. The van der Waals surface area contributed by atoms with E-state index in [0.29, 0.717) is 13.0 Å². The molecule has 20 heavy (non-hydrogen) atoms. The molecule has 1 atom stereocenters. The molecule has 1 rings (SSSR count). The van der Waals surface area contributed by atoms with Crippen molar-refractivity contribution >= 4 is 11.9 Å². The molecule has 1 saturated heterocycles. The molecule has 8 heteroatoms. The second-order valence-corrected chi connectivity index (χ2v) is 5.29. The van der Waals surface area contributed by atoms with Crippen LogP contribution in [0.25, 0.3) is 0 Å². The highest BCUT2D eigenvalue weighted by Crippen LogP contribution is 2.32. The molecule has 5 nitrogen and oxygen atoms in total. The van der Waals surface area contributed by atoms with Crippen molar-refractivity contribution in [1.29, 1.82) is 0 Å². The van der Waals surface area contributed by atoms with Gasteiger partial charge in [-0.2, -0.15) is 13.2 Å². The zero-order chi connectivity index (χ0) is 15.3. The van der Waals surface area contributed by atoms with Crippen LogP contribution in [0.15, 0.2) is 0 Å². The second-order valence-electron chi connectivity index (χ2n) is 5.29. The molecule has 116 valence electrons. The smallest absolute Gasteiger partial charge is 0.336 e. The van der Waals surface area contributed by atoms with Crippen LogP contribution in [-0.4, -0.2) is 48.7 Å². The Morgan fingerprint density at radius 3 is 2.55 bits per heavy atom. The molecular formula is C12H20F3N3O2. The fourth-order valence-corrected chi connectivity index (χ4v) is 2.13. The van der Waals surface area contributed by atoms with Crippen LogP contribution in [0, 0.1) is 5.92 Å². The van der Waals surface area contributed by atoms with E-state index in [9.17, 15) is 22.8 Å². The fraction of sp³-hybridized carbons (Fsp3) is 0.833. The highest BCUT2D eigenvalue weighted by molar-refractivity contribution is 5.95. The number of nitrogens with one attached hydrogen (secondary N) is 2. The second kappa shape index (κ2) is 6.92. The van der Waals surface area contributed by atoms with Crippen molar-refractivity contribution in [2.45, 2.75) is 38.9 Å². The highest BCUT2D eigenvalue weighted by Gasteiger charge is 2.41. The zero-order valence-corrected chi connectivity index (χ0v) is 11.6. The number of hydrogen-bond acceptors (Lipinski definition) is 3. The molecule has 0 spiro atoms. The number of hydrogen-bond donors (Lipinski definition) is 2. The minimum atomic E-state index is -4.23. The maximum absolute atomic E-state index is 12.6. The van der Waals surface area contributed by atoms with Gasteiger partial charge >= 0.3 is 12.2 Å². The van der Waals surface area contributed by atoms with Crippen LogP contribution in [0.3, 0.4) is 0 Å². The van der Waals surface area contributed by atoms with Gasteiger partial charge in [0.15, 0.2) is 0 Å². The number of halogens is 3. The first kappa shape index (κ1) is 16.7. The lowest BCUT2D eigenvalue weighted by Gasteiger charge is -2.33. The van der Waals surface area contributed by atoms with Crippen molar-refractivity contribution in [2.75, 3.05) is 19.6 Å². The number of rotatable bonds is 3. The van der Waals surface area contributed by atoms with Crippen LogP contribution in [0.5, 0.6) is 0 Å². The topological polar surface area (TPSA) is 61.4 Å². The summed E-state index contributed by atoms with van der Waals surface area (Å²) in [5, 5.41) is 4.57. The van der Waals surface area contributed by atoms with E-state index in [-0.39, 0.29) is 25.6 Å². The number of amides is 3. The van der Waals surface area contributed by atoms with Gasteiger partial charge in [0.05, 0.1) is 12.5 Å². The Bertz CT molecular complexity index is 358. The van der Waals surface area contributed by atoms with Gasteiger partial charge in [0, 0.05) is 12.6 Å². The summed E-state index contributed by atoms with van der Waals surface area (Å²) < 4.78 is 37.8. The molecule has 0 aromatic rings. The average molecular weight is 295 g/mol. The van der Waals surface area contributed by atoms with Crippen molar-refractivity contribution in [3.8, 4) is 0 Å². The molecule has 0 aromatic heterocycles. The van der Waals surface area contributed by atoms with E-state index in [1.54, 1.807) is 13.8 Å². The van der Waals surface area contributed by atoms with Crippen molar-refractivity contribution < 1.29 is 22.8 Å². The summed E-state index contributed by atoms with van der Waals surface area (Å²) in [4.78, 5) is 24.3. The van der Waals surface area contributed by atoms with Crippen molar-refractivity contribution in [1.82, 2.24) is 15.5 Å². The lowest BCUT2D eigenvalue weighted by molar-refractivity contribution is -0.187. The van der Waals surface area contributed by atoms with Crippen LogP contribution < -0.4 is 10.6 Å². The summed E-state index contributed by atoms with van der Waals surface area (Å²) in [6.07, 6.45) is -3.74. The third-order valence-corrected chi connectivity index (χ3v) is 3.01. The van der Waals surface area contributed by atoms with Gasteiger partial charge in [-0.05, 0) is 33.2 Å². The summed E-state index contributed by atoms with van der Waals surface area (Å²) in [6, 6.07) is -0.748. The quantitative estimate of drug-likeness (QED) is 0.829. The van der Waals surface area contributed by atoms with Gasteiger partial charge in [-0.1, -0.05) is 0 Å². The van der Waals surface area contributed by atoms with Crippen LogP contribution in [0.4, 0.5) is 18.0 Å². The van der Waals surface area contributed by atoms with Gasteiger partial charge in [-0.15, -0.1) is 0 Å². The standard InChI is InChI=1S/C12H20F3N3O2/c1-8(2)16-11(20)17-10(19)7-18-5-3-4-9(6-18)12(13,14)15/h8-9H,3-7H2,1-2H3,(H2,16,17,19,20)/t9-/m1/s1. The number of carbonyl (C=O) groups excluding carboxylic acids is 2. The third-order valence-electron chi connectivity index (χ3n) is 3.01. The molecule has 1 aliphatic rings. The Labute approximate surface area is 115 Å². The van der Waals surface area contributed by atoms with Crippen LogP contribution >= 0.6 is 0 Å².